The van der Waals surface area contributed by atoms with Crippen molar-refractivity contribution in [3.8, 4) is 17.1 Å². The average Bonchev–Trinajstić information content (AvgIpc) is 3.12. The van der Waals surface area contributed by atoms with E-state index in [0.717, 1.165) is 28.1 Å². The summed E-state index contributed by atoms with van der Waals surface area (Å²) in [5.74, 6) is 1.91. The number of methoxy groups -OCH3 is 1. The zero-order valence-electron chi connectivity index (χ0n) is 15.2. The molecule has 0 bridgehead atoms. The standard InChI is InChI=1S/C21H22N2O3/c1-14-6-4-7-15(2)21(14)23-19(24)10-11-20-22-13-18(26-20)16-8-5-9-17(12-16)25-3/h4-9,12-13H,10-11H2,1-3H3,(H,23,24). The number of carbonyl (C=O) groups excluding carboxylic acids is 1. The second-order valence-electron chi connectivity index (χ2n) is 6.17. The van der Waals surface area contributed by atoms with Crippen LogP contribution in [0, 0.1) is 13.8 Å². The summed E-state index contributed by atoms with van der Waals surface area (Å²) in [6.07, 6.45) is 2.43. The van der Waals surface area contributed by atoms with Crippen LogP contribution in [0.5, 0.6) is 5.75 Å². The Kier molecular flexibility index (Phi) is 5.37. The molecule has 0 spiro atoms. The van der Waals surface area contributed by atoms with Gasteiger partial charge in [0.05, 0.1) is 13.3 Å². The number of oxazole rings is 1. The summed E-state index contributed by atoms with van der Waals surface area (Å²) in [5.41, 5.74) is 3.87. The van der Waals surface area contributed by atoms with Crippen molar-refractivity contribution in [2.75, 3.05) is 12.4 Å². The number of hydrogen-bond acceptors (Lipinski definition) is 4. The summed E-state index contributed by atoms with van der Waals surface area (Å²) in [5, 5.41) is 2.98. The van der Waals surface area contributed by atoms with Crippen LogP contribution < -0.4 is 10.1 Å². The third-order valence-electron chi connectivity index (χ3n) is 4.22. The van der Waals surface area contributed by atoms with Crippen molar-refractivity contribution in [2.24, 2.45) is 0 Å². The van der Waals surface area contributed by atoms with E-state index in [1.54, 1.807) is 13.3 Å². The van der Waals surface area contributed by atoms with E-state index in [1.807, 2.05) is 56.3 Å². The van der Waals surface area contributed by atoms with Gasteiger partial charge in [-0.2, -0.15) is 0 Å². The van der Waals surface area contributed by atoms with E-state index < -0.39 is 0 Å². The lowest BCUT2D eigenvalue weighted by Crippen LogP contribution is -2.14. The lowest BCUT2D eigenvalue weighted by Gasteiger charge is -2.10. The Labute approximate surface area is 153 Å². The Morgan fingerprint density at radius 2 is 1.88 bits per heavy atom. The number of amides is 1. The molecule has 5 heteroatoms. The van der Waals surface area contributed by atoms with Gasteiger partial charge in [0, 0.05) is 24.1 Å². The van der Waals surface area contributed by atoms with E-state index in [1.165, 1.54) is 0 Å². The Hall–Kier alpha value is -3.08. The van der Waals surface area contributed by atoms with E-state index >= 15 is 0 Å². The molecule has 5 nitrogen and oxygen atoms in total. The average molecular weight is 350 g/mol. The zero-order chi connectivity index (χ0) is 18.5. The minimum atomic E-state index is -0.0523. The van der Waals surface area contributed by atoms with Gasteiger partial charge in [0.15, 0.2) is 11.7 Å². The Bertz CT molecular complexity index is 895. The van der Waals surface area contributed by atoms with Gasteiger partial charge in [0.2, 0.25) is 5.91 Å². The van der Waals surface area contributed by atoms with Crippen LogP contribution in [-0.4, -0.2) is 18.0 Å². The van der Waals surface area contributed by atoms with E-state index in [0.29, 0.717) is 24.5 Å². The first kappa shape index (κ1) is 17.7. The van der Waals surface area contributed by atoms with Gasteiger partial charge >= 0.3 is 0 Å². The van der Waals surface area contributed by atoms with Gasteiger partial charge in [-0.25, -0.2) is 4.98 Å². The number of aryl methyl sites for hydroxylation is 3. The molecule has 0 aliphatic rings. The van der Waals surface area contributed by atoms with Crippen molar-refractivity contribution in [2.45, 2.75) is 26.7 Å². The Morgan fingerprint density at radius 3 is 2.62 bits per heavy atom. The Morgan fingerprint density at radius 1 is 1.15 bits per heavy atom. The van der Waals surface area contributed by atoms with E-state index in [-0.39, 0.29) is 5.91 Å². The summed E-state index contributed by atoms with van der Waals surface area (Å²) >= 11 is 0. The summed E-state index contributed by atoms with van der Waals surface area (Å²) < 4.78 is 11.0. The van der Waals surface area contributed by atoms with Gasteiger partial charge in [-0.1, -0.05) is 30.3 Å². The summed E-state index contributed by atoms with van der Waals surface area (Å²) in [6, 6.07) is 13.5. The highest BCUT2D eigenvalue weighted by atomic mass is 16.5. The van der Waals surface area contributed by atoms with Crippen LogP contribution in [0.4, 0.5) is 5.69 Å². The topological polar surface area (TPSA) is 64.4 Å². The van der Waals surface area contributed by atoms with Gasteiger partial charge in [0.25, 0.3) is 0 Å². The molecule has 0 saturated carbocycles. The van der Waals surface area contributed by atoms with Gasteiger partial charge in [-0.05, 0) is 37.1 Å². The molecule has 0 aliphatic heterocycles. The van der Waals surface area contributed by atoms with E-state index in [4.69, 9.17) is 9.15 Å². The molecule has 0 unspecified atom stereocenters. The predicted molar refractivity (Wildman–Crippen MR) is 101 cm³/mol. The molecule has 0 saturated heterocycles. The second-order valence-corrected chi connectivity index (χ2v) is 6.17. The Balaban J connectivity index is 1.62. The molecule has 1 aromatic heterocycles. The van der Waals surface area contributed by atoms with Crippen molar-refractivity contribution in [1.29, 1.82) is 0 Å². The number of rotatable bonds is 6. The molecule has 1 heterocycles. The van der Waals surface area contributed by atoms with Gasteiger partial charge in [0.1, 0.15) is 5.75 Å². The first-order chi connectivity index (χ1) is 12.6. The van der Waals surface area contributed by atoms with Crippen molar-refractivity contribution in [3.05, 3.63) is 65.7 Å². The highest BCUT2D eigenvalue weighted by Gasteiger charge is 2.11. The predicted octanol–water partition coefficient (Wildman–Crippen LogP) is 4.54. The maximum Gasteiger partial charge on any atom is 0.224 e. The molecule has 26 heavy (non-hydrogen) atoms. The molecule has 0 atom stereocenters. The lowest BCUT2D eigenvalue weighted by molar-refractivity contribution is -0.116. The molecule has 134 valence electrons. The molecule has 3 rings (SSSR count). The van der Waals surface area contributed by atoms with Gasteiger partial charge < -0.3 is 14.5 Å². The van der Waals surface area contributed by atoms with Crippen LogP contribution in [0.2, 0.25) is 0 Å². The lowest BCUT2D eigenvalue weighted by atomic mass is 10.1. The van der Waals surface area contributed by atoms with Crippen molar-refractivity contribution >= 4 is 11.6 Å². The van der Waals surface area contributed by atoms with Crippen LogP contribution in [0.1, 0.15) is 23.4 Å². The zero-order valence-corrected chi connectivity index (χ0v) is 15.2. The highest BCUT2D eigenvalue weighted by Crippen LogP contribution is 2.25. The molecule has 1 N–H and O–H groups in total. The van der Waals surface area contributed by atoms with E-state index in [9.17, 15) is 4.79 Å². The SMILES string of the molecule is COc1cccc(-c2cnc(CCC(=O)Nc3c(C)cccc3C)o2)c1. The quantitative estimate of drug-likeness (QED) is 0.709. The number of benzene rings is 2. The second kappa shape index (κ2) is 7.87. The van der Waals surface area contributed by atoms with Crippen LogP contribution in [0.25, 0.3) is 11.3 Å². The number of aromatic nitrogens is 1. The number of para-hydroxylation sites is 1. The van der Waals surface area contributed by atoms with Crippen molar-refractivity contribution in [1.82, 2.24) is 4.98 Å². The van der Waals surface area contributed by atoms with E-state index in [2.05, 4.69) is 10.3 Å². The van der Waals surface area contributed by atoms with Crippen molar-refractivity contribution < 1.29 is 13.9 Å². The van der Waals surface area contributed by atoms with Gasteiger partial charge in [-0.3, -0.25) is 4.79 Å². The van der Waals surface area contributed by atoms with Gasteiger partial charge in [-0.15, -0.1) is 0 Å². The van der Waals surface area contributed by atoms with Crippen LogP contribution in [0.15, 0.2) is 53.1 Å². The first-order valence-corrected chi connectivity index (χ1v) is 8.52. The smallest absolute Gasteiger partial charge is 0.224 e. The molecule has 1 amide bonds. The number of carbonyl (C=O) groups is 1. The molecule has 0 aliphatic carbocycles. The largest absolute Gasteiger partial charge is 0.497 e. The number of nitrogens with zero attached hydrogens (tertiary/aromatic N) is 1. The first-order valence-electron chi connectivity index (χ1n) is 8.52. The summed E-state index contributed by atoms with van der Waals surface area (Å²) in [7, 11) is 1.62. The fraction of sp³-hybridized carbons (Fsp3) is 0.238. The summed E-state index contributed by atoms with van der Waals surface area (Å²) in [4.78, 5) is 16.5. The normalized spacial score (nSPS) is 10.6. The molecular formula is C21H22N2O3. The number of ether oxygens (including phenoxy) is 1. The molecule has 0 radical (unpaired) electrons. The minimum absolute atomic E-state index is 0.0523. The third kappa shape index (κ3) is 4.11. The van der Waals surface area contributed by atoms with Crippen LogP contribution >= 0.6 is 0 Å². The van der Waals surface area contributed by atoms with Crippen molar-refractivity contribution in [3.63, 3.8) is 0 Å². The molecular weight excluding hydrogens is 328 g/mol. The number of nitrogens with one attached hydrogen (secondary N) is 1. The molecule has 2 aromatic carbocycles. The maximum absolute atomic E-state index is 12.3. The van der Waals surface area contributed by atoms with Crippen LogP contribution in [-0.2, 0) is 11.2 Å². The fourth-order valence-corrected chi connectivity index (χ4v) is 2.77. The highest BCUT2D eigenvalue weighted by molar-refractivity contribution is 5.92. The van der Waals surface area contributed by atoms with Crippen LogP contribution in [0.3, 0.4) is 0 Å². The maximum atomic E-state index is 12.3. The number of anilines is 1. The summed E-state index contributed by atoms with van der Waals surface area (Å²) in [6.45, 7) is 3.97. The fourth-order valence-electron chi connectivity index (χ4n) is 2.77. The number of hydrogen-bond donors (Lipinski definition) is 1. The minimum Gasteiger partial charge on any atom is -0.497 e. The molecule has 3 aromatic rings. The monoisotopic (exact) mass is 350 g/mol. The molecule has 0 fully saturated rings. The third-order valence-corrected chi connectivity index (χ3v) is 4.22.